The monoisotopic (exact) mass is 304 g/mol. The molecule has 0 radical (unpaired) electrons. The second-order valence-corrected chi connectivity index (χ2v) is 6.12. The van der Waals surface area contributed by atoms with Crippen LogP contribution in [-0.4, -0.2) is 29.3 Å². The molecule has 1 saturated carbocycles. The molecule has 0 saturated heterocycles. The molecule has 1 aliphatic carbocycles. The van der Waals surface area contributed by atoms with Crippen molar-refractivity contribution in [2.75, 3.05) is 7.05 Å². The Hall–Kier alpha value is -1.46. The third-order valence-electron chi connectivity index (χ3n) is 4.00. The summed E-state index contributed by atoms with van der Waals surface area (Å²) in [4.78, 5) is 2.48. The number of thiocarbonyl (C=S) groups is 1. The molecule has 0 unspecified atom stereocenters. The van der Waals surface area contributed by atoms with Crippen LogP contribution in [0.3, 0.4) is 0 Å². The number of nitrogens with two attached hydrogens (primary N) is 1. The van der Waals surface area contributed by atoms with Gasteiger partial charge in [0.15, 0.2) is 5.11 Å². The minimum absolute atomic E-state index is 0.178. The highest BCUT2D eigenvalue weighted by molar-refractivity contribution is 7.80. The highest BCUT2D eigenvalue weighted by Gasteiger charge is 2.17. The lowest BCUT2D eigenvalue weighted by atomic mass is 9.94. The fraction of sp³-hybridized carbons (Fsp3) is 0.500. The van der Waals surface area contributed by atoms with E-state index >= 15 is 0 Å². The summed E-state index contributed by atoms with van der Waals surface area (Å²) in [7, 11) is 2.23. The van der Waals surface area contributed by atoms with Gasteiger partial charge in [-0.25, -0.2) is 0 Å². The van der Waals surface area contributed by atoms with Gasteiger partial charge >= 0.3 is 0 Å². The fourth-order valence-corrected chi connectivity index (χ4v) is 2.87. The number of rotatable bonds is 5. The molecule has 1 aromatic rings. The summed E-state index contributed by atoms with van der Waals surface area (Å²) in [5.41, 5.74) is 10.2. The number of nitrogens with zero attached hydrogens (tertiary/aromatic N) is 2. The van der Waals surface area contributed by atoms with Crippen LogP contribution in [0.2, 0.25) is 0 Å². The van der Waals surface area contributed by atoms with Crippen molar-refractivity contribution in [3.8, 4) is 0 Å². The number of nitrogens with one attached hydrogen (secondary N) is 1. The lowest BCUT2D eigenvalue weighted by Gasteiger charge is -2.31. The quantitative estimate of drug-likeness (QED) is 0.499. The lowest BCUT2D eigenvalue weighted by Crippen LogP contribution is -2.32. The maximum absolute atomic E-state index is 5.31. The Bertz CT molecular complexity index is 478. The van der Waals surface area contributed by atoms with Crippen molar-refractivity contribution in [3.05, 3.63) is 35.4 Å². The van der Waals surface area contributed by atoms with Gasteiger partial charge in [0.1, 0.15) is 0 Å². The van der Waals surface area contributed by atoms with E-state index in [0.717, 1.165) is 18.2 Å². The van der Waals surface area contributed by atoms with Crippen LogP contribution in [0.15, 0.2) is 29.4 Å². The molecule has 0 amide bonds. The van der Waals surface area contributed by atoms with E-state index in [1.54, 1.807) is 6.21 Å². The topological polar surface area (TPSA) is 53.6 Å². The van der Waals surface area contributed by atoms with Gasteiger partial charge in [-0.15, -0.1) is 0 Å². The first-order chi connectivity index (χ1) is 10.1. The van der Waals surface area contributed by atoms with Gasteiger partial charge < -0.3 is 5.73 Å². The molecule has 1 aromatic carbocycles. The Balaban J connectivity index is 1.86. The second kappa shape index (κ2) is 8.10. The van der Waals surface area contributed by atoms with E-state index in [1.807, 2.05) is 0 Å². The number of hydrogen-bond acceptors (Lipinski definition) is 3. The van der Waals surface area contributed by atoms with Crippen LogP contribution in [0.5, 0.6) is 0 Å². The van der Waals surface area contributed by atoms with Crippen molar-refractivity contribution in [2.24, 2.45) is 10.8 Å². The Kier molecular flexibility index (Phi) is 6.14. The van der Waals surface area contributed by atoms with Gasteiger partial charge in [-0.05, 0) is 43.2 Å². The largest absolute Gasteiger partial charge is 0.375 e. The summed E-state index contributed by atoms with van der Waals surface area (Å²) in [6.45, 7) is 1.01. The Morgan fingerprint density at radius 1 is 1.33 bits per heavy atom. The van der Waals surface area contributed by atoms with Gasteiger partial charge in [-0.2, -0.15) is 5.10 Å². The summed E-state index contributed by atoms with van der Waals surface area (Å²) >= 11 is 4.69. The Morgan fingerprint density at radius 2 is 2.00 bits per heavy atom. The molecule has 0 spiro atoms. The van der Waals surface area contributed by atoms with Crippen molar-refractivity contribution in [1.29, 1.82) is 0 Å². The van der Waals surface area contributed by atoms with Crippen molar-refractivity contribution in [3.63, 3.8) is 0 Å². The minimum atomic E-state index is 0.178. The highest BCUT2D eigenvalue weighted by Crippen LogP contribution is 2.22. The molecule has 0 atom stereocenters. The zero-order valence-electron chi connectivity index (χ0n) is 12.6. The number of hydrazone groups is 1. The summed E-state index contributed by atoms with van der Waals surface area (Å²) < 4.78 is 0. The van der Waals surface area contributed by atoms with Crippen LogP contribution < -0.4 is 11.2 Å². The first-order valence-electron chi connectivity index (χ1n) is 7.53. The average Bonchev–Trinajstić information content (AvgIpc) is 2.49. The molecular weight excluding hydrogens is 280 g/mol. The predicted octanol–water partition coefficient (Wildman–Crippen LogP) is 2.62. The molecule has 0 aliphatic heterocycles. The summed E-state index contributed by atoms with van der Waals surface area (Å²) in [6, 6.07) is 9.18. The molecule has 4 nitrogen and oxygen atoms in total. The van der Waals surface area contributed by atoms with Crippen LogP contribution in [0, 0.1) is 0 Å². The third kappa shape index (κ3) is 5.44. The fourth-order valence-electron chi connectivity index (χ4n) is 2.82. The van der Waals surface area contributed by atoms with Gasteiger partial charge in [0.25, 0.3) is 0 Å². The first-order valence-corrected chi connectivity index (χ1v) is 7.93. The molecule has 5 heteroatoms. The van der Waals surface area contributed by atoms with E-state index in [2.05, 4.69) is 59.0 Å². The van der Waals surface area contributed by atoms with Gasteiger partial charge in [-0.3, -0.25) is 10.3 Å². The smallest absolute Gasteiger partial charge is 0.184 e. The maximum Gasteiger partial charge on any atom is 0.184 e. The normalized spacial score (nSPS) is 16.5. The number of hydrogen-bond donors (Lipinski definition) is 2. The summed E-state index contributed by atoms with van der Waals surface area (Å²) in [5, 5.41) is 4.13. The van der Waals surface area contributed by atoms with E-state index in [9.17, 15) is 0 Å². The van der Waals surface area contributed by atoms with Gasteiger partial charge in [-0.1, -0.05) is 43.5 Å². The van der Waals surface area contributed by atoms with Crippen molar-refractivity contribution in [2.45, 2.75) is 44.7 Å². The first kappa shape index (κ1) is 15.9. The molecule has 21 heavy (non-hydrogen) atoms. The Labute approximate surface area is 132 Å². The van der Waals surface area contributed by atoms with E-state index in [0.29, 0.717) is 0 Å². The molecule has 0 aromatic heterocycles. The minimum Gasteiger partial charge on any atom is -0.375 e. The van der Waals surface area contributed by atoms with E-state index in [-0.39, 0.29) is 5.11 Å². The lowest BCUT2D eigenvalue weighted by molar-refractivity contribution is 0.184. The van der Waals surface area contributed by atoms with Crippen LogP contribution in [0.25, 0.3) is 0 Å². The molecule has 114 valence electrons. The van der Waals surface area contributed by atoms with Gasteiger partial charge in [0.2, 0.25) is 0 Å². The Morgan fingerprint density at radius 3 is 2.62 bits per heavy atom. The predicted molar refractivity (Wildman–Crippen MR) is 92.3 cm³/mol. The third-order valence-corrected chi connectivity index (χ3v) is 4.09. The standard InChI is InChI=1S/C16H24N4S/c1-20(15-5-3-2-4-6-15)12-14-9-7-13(8-10-14)11-18-19-16(17)21/h7-11,15H,2-6,12H2,1H3,(H3,17,19,21). The molecule has 1 aliphatic rings. The van der Waals surface area contributed by atoms with E-state index in [4.69, 9.17) is 5.73 Å². The summed E-state index contributed by atoms with van der Waals surface area (Å²) in [5.74, 6) is 0. The molecule has 0 bridgehead atoms. The zero-order chi connectivity index (χ0) is 15.1. The van der Waals surface area contributed by atoms with Crippen LogP contribution in [-0.2, 0) is 6.54 Å². The molecule has 2 rings (SSSR count). The van der Waals surface area contributed by atoms with Crippen LogP contribution in [0.1, 0.15) is 43.2 Å². The molecule has 3 N–H and O–H groups in total. The zero-order valence-corrected chi connectivity index (χ0v) is 13.4. The van der Waals surface area contributed by atoms with Crippen molar-refractivity contribution < 1.29 is 0 Å². The highest BCUT2D eigenvalue weighted by atomic mass is 32.1. The molecule has 1 fully saturated rings. The summed E-state index contributed by atoms with van der Waals surface area (Å²) in [6.07, 6.45) is 8.55. The number of benzene rings is 1. The molecular formula is C16H24N4S. The van der Waals surface area contributed by atoms with Crippen molar-refractivity contribution in [1.82, 2.24) is 10.3 Å². The van der Waals surface area contributed by atoms with Crippen molar-refractivity contribution >= 4 is 23.5 Å². The van der Waals surface area contributed by atoms with Gasteiger partial charge in [0.05, 0.1) is 6.21 Å². The molecule has 0 heterocycles. The maximum atomic E-state index is 5.31. The van der Waals surface area contributed by atoms with Gasteiger partial charge in [0, 0.05) is 12.6 Å². The van der Waals surface area contributed by atoms with Crippen LogP contribution in [0.4, 0.5) is 0 Å². The average molecular weight is 304 g/mol. The SMILES string of the molecule is CN(Cc1ccc(C=NNC(N)=S)cc1)C1CCCCC1. The second-order valence-electron chi connectivity index (χ2n) is 5.68. The van der Waals surface area contributed by atoms with Crippen LogP contribution >= 0.6 is 12.2 Å². The van der Waals surface area contributed by atoms with E-state index in [1.165, 1.54) is 37.7 Å². The van der Waals surface area contributed by atoms with E-state index < -0.39 is 0 Å².